The average molecular weight is 317 g/mol. The van der Waals surface area contributed by atoms with Crippen molar-refractivity contribution in [1.82, 2.24) is 0 Å². The molecular formula is C11H13Cl4NO. The second kappa shape index (κ2) is 5.96. The van der Waals surface area contributed by atoms with E-state index in [1.807, 2.05) is 0 Å². The Bertz CT molecular complexity index is 409. The van der Waals surface area contributed by atoms with Crippen molar-refractivity contribution in [1.29, 1.82) is 0 Å². The van der Waals surface area contributed by atoms with Crippen LogP contribution in [0.4, 0.5) is 0 Å². The van der Waals surface area contributed by atoms with Crippen molar-refractivity contribution < 1.29 is 5.11 Å². The molecule has 1 saturated carbocycles. The summed E-state index contributed by atoms with van der Waals surface area (Å²) >= 11 is 17.8. The van der Waals surface area contributed by atoms with E-state index in [-0.39, 0.29) is 18.3 Å². The van der Waals surface area contributed by atoms with Gasteiger partial charge in [0.15, 0.2) is 0 Å². The topological polar surface area (TPSA) is 46.2 Å². The van der Waals surface area contributed by atoms with E-state index < -0.39 is 12.1 Å². The van der Waals surface area contributed by atoms with Crippen LogP contribution < -0.4 is 5.73 Å². The Hall–Kier alpha value is 0.300. The minimum atomic E-state index is -0.577. The quantitative estimate of drug-likeness (QED) is 0.832. The highest BCUT2D eigenvalue weighted by molar-refractivity contribution is 6.43. The number of aliphatic hydroxyl groups is 1. The summed E-state index contributed by atoms with van der Waals surface area (Å²) in [6.07, 6.45) is 1.45. The lowest BCUT2D eigenvalue weighted by atomic mass is 9.99. The lowest BCUT2D eigenvalue weighted by Gasteiger charge is -2.20. The Morgan fingerprint density at radius 3 is 2.35 bits per heavy atom. The third kappa shape index (κ3) is 3.40. The number of hydrogen-bond donors (Lipinski definition) is 2. The summed E-state index contributed by atoms with van der Waals surface area (Å²) in [5, 5.41) is 11.2. The molecule has 2 nitrogen and oxygen atoms in total. The van der Waals surface area contributed by atoms with Gasteiger partial charge in [0.05, 0.1) is 22.2 Å². The van der Waals surface area contributed by atoms with Crippen molar-refractivity contribution in [3.05, 3.63) is 32.8 Å². The average Bonchev–Trinajstić information content (AvgIpc) is 3.05. The van der Waals surface area contributed by atoms with Crippen molar-refractivity contribution in [3.8, 4) is 0 Å². The van der Waals surface area contributed by atoms with Gasteiger partial charge >= 0.3 is 0 Å². The third-order valence-corrected chi connectivity index (χ3v) is 3.89. The van der Waals surface area contributed by atoms with Crippen LogP contribution in [0.2, 0.25) is 15.1 Å². The second-order valence-electron chi connectivity index (χ2n) is 4.14. The standard InChI is InChI=1S/C11H12Cl3NO.ClH/c12-6-3-7(9(14)8(13)4-6)10(15)11(16)5-1-2-5;/h3-5,10-11,16H,1-2,15H2;1H/t10-,11+;/m0./s1. The van der Waals surface area contributed by atoms with E-state index in [0.29, 0.717) is 20.6 Å². The molecule has 1 aliphatic carbocycles. The van der Waals surface area contributed by atoms with Crippen LogP contribution in [0.3, 0.4) is 0 Å². The van der Waals surface area contributed by atoms with E-state index in [4.69, 9.17) is 40.5 Å². The van der Waals surface area contributed by atoms with Crippen LogP contribution >= 0.6 is 47.2 Å². The van der Waals surface area contributed by atoms with Gasteiger partial charge in [-0.05, 0) is 36.5 Å². The molecule has 1 aromatic rings. The Balaban J connectivity index is 0.00000144. The summed E-state index contributed by atoms with van der Waals surface area (Å²) in [4.78, 5) is 0. The summed E-state index contributed by atoms with van der Waals surface area (Å²) in [7, 11) is 0. The molecule has 0 bridgehead atoms. The van der Waals surface area contributed by atoms with Crippen LogP contribution in [0.1, 0.15) is 24.4 Å². The molecule has 1 fully saturated rings. The summed E-state index contributed by atoms with van der Waals surface area (Å²) in [6, 6.07) is 2.69. The molecule has 0 spiro atoms. The SMILES string of the molecule is Cl.N[C@@H](c1cc(Cl)cc(Cl)c1Cl)[C@H](O)C1CC1. The first-order valence-corrected chi connectivity index (χ1v) is 6.22. The van der Waals surface area contributed by atoms with Crippen molar-refractivity contribution in [2.24, 2.45) is 11.7 Å². The predicted molar refractivity (Wildman–Crippen MR) is 74.4 cm³/mol. The van der Waals surface area contributed by atoms with Gasteiger partial charge in [-0.3, -0.25) is 0 Å². The van der Waals surface area contributed by atoms with Gasteiger partial charge in [-0.25, -0.2) is 0 Å². The molecule has 1 aliphatic rings. The van der Waals surface area contributed by atoms with E-state index >= 15 is 0 Å². The molecule has 0 aliphatic heterocycles. The van der Waals surface area contributed by atoms with Crippen LogP contribution in [0.25, 0.3) is 0 Å². The Morgan fingerprint density at radius 2 is 1.82 bits per heavy atom. The highest BCUT2D eigenvalue weighted by Gasteiger charge is 2.35. The van der Waals surface area contributed by atoms with Crippen LogP contribution in [-0.2, 0) is 0 Å². The molecular weight excluding hydrogens is 304 g/mol. The molecule has 2 rings (SSSR count). The zero-order chi connectivity index (χ0) is 11.9. The number of benzene rings is 1. The van der Waals surface area contributed by atoms with Crippen LogP contribution in [0.5, 0.6) is 0 Å². The third-order valence-electron chi connectivity index (χ3n) is 2.85. The Kier molecular flexibility index (Phi) is 5.39. The van der Waals surface area contributed by atoms with Gasteiger partial charge in [-0.15, -0.1) is 12.4 Å². The monoisotopic (exact) mass is 315 g/mol. The minimum absolute atomic E-state index is 0. The van der Waals surface area contributed by atoms with Gasteiger partial charge in [-0.1, -0.05) is 34.8 Å². The number of hydrogen-bond acceptors (Lipinski definition) is 2. The summed E-state index contributed by atoms with van der Waals surface area (Å²) in [5.41, 5.74) is 6.58. The number of halogens is 4. The highest BCUT2D eigenvalue weighted by atomic mass is 35.5. The second-order valence-corrected chi connectivity index (χ2v) is 5.37. The first-order valence-electron chi connectivity index (χ1n) is 5.09. The van der Waals surface area contributed by atoms with E-state index in [9.17, 15) is 5.11 Å². The first kappa shape index (κ1) is 15.4. The lowest BCUT2D eigenvalue weighted by molar-refractivity contribution is 0.122. The van der Waals surface area contributed by atoms with Gasteiger partial charge in [0.2, 0.25) is 0 Å². The molecule has 0 unspecified atom stereocenters. The first-order chi connectivity index (χ1) is 7.50. The molecule has 2 atom stereocenters. The molecule has 0 radical (unpaired) electrons. The van der Waals surface area contributed by atoms with Crippen molar-refractivity contribution >= 4 is 47.2 Å². The van der Waals surface area contributed by atoms with Gasteiger partial charge in [0, 0.05) is 5.02 Å². The van der Waals surface area contributed by atoms with Gasteiger partial charge < -0.3 is 10.8 Å². The summed E-state index contributed by atoms with van der Waals surface area (Å²) in [5.74, 6) is 0.281. The molecule has 6 heteroatoms. The zero-order valence-electron chi connectivity index (χ0n) is 8.87. The molecule has 3 N–H and O–H groups in total. The predicted octanol–water partition coefficient (Wildman–Crippen LogP) is 3.84. The molecule has 96 valence electrons. The van der Waals surface area contributed by atoms with E-state index in [2.05, 4.69) is 0 Å². The Morgan fingerprint density at radius 1 is 1.24 bits per heavy atom. The molecule has 0 aromatic heterocycles. The largest absolute Gasteiger partial charge is 0.391 e. The summed E-state index contributed by atoms with van der Waals surface area (Å²) in [6.45, 7) is 0. The molecule has 0 heterocycles. The zero-order valence-corrected chi connectivity index (χ0v) is 12.0. The number of nitrogens with two attached hydrogens (primary N) is 1. The summed E-state index contributed by atoms with van der Waals surface area (Å²) < 4.78 is 0. The Labute approximate surface area is 121 Å². The number of rotatable bonds is 3. The lowest BCUT2D eigenvalue weighted by Crippen LogP contribution is -2.28. The molecule has 1 aromatic carbocycles. The minimum Gasteiger partial charge on any atom is -0.391 e. The maximum atomic E-state index is 9.95. The van der Waals surface area contributed by atoms with E-state index in [1.165, 1.54) is 0 Å². The highest BCUT2D eigenvalue weighted by Crippen LogP contribution is 2.40. The van der Waals surface area contributed by atoms with Crippen LogP contribution in [-0.4, -0.2) is 11.2 Å². The van der Waals surface area contributed by atoms with Crippen molar-refractivity contribution in [2.75, 3.05) is 0 Å². The fraction of sp³-hybridized carbons (Fsp3) is 0.455. The van der Waals surface area contributed by atoms with Crippen molar-refractivity contribution in [2.45, 2.75) is 25.0 Å². The van der Waals surface area contributed by atoms with E-state index in [1.54, 1.807) is 12.1 Å². The van der Waals surface area contributed by atoms with E-state index in [0.717, 1.165) is 12.8 Å². The molecule has 17 heavy (non-hydrogen) atoms. The van der Waals surface area contributed by atoms with Crippen LogP contribution in [0, 0.1) is 5.92 Å². The maximum absolute atomic E-state index is 9.95. The van der Waals surface area contributed by atoms with Crippen molar-refractivity contribution in [3.63, 3.8) is 0 Å². The number of aliphatic hydroxyl groups excluding tert-OH is 1. The fourth-order valence-electron chi connectivity index (χ4n) is 1.73. The fourth-order valence-corrected chi connectivity index (χ4v) is 2.48. The van der Waals surface area contributed by atoms with Crippen LogP contribution in [0.15, 0.2) is 12.1 Å². The maximum Gasteiger partial charge on any atom is 0.0761 e. The smallest absolute Gasteiger partial charge is 0.0761 e. The van der Waals surface area contributed by atoms with Gasteiger partial charge in [-0.2, -0.15) is 0 Å². The van der Waals surface area contributed by atoms with Gasteiger partial charge in [0.1, 0.15) is 0 Å². The normalized spacial score (nSPS) is 18.4. The van der Waals surface area contributed by atoms with Gasteiger partial charge in [0.25, 0.3) is 0 Å². The molecule has 0 amide bonds. The molecule has 0 saturated heterocycles.